The Hall–Kier alpha value is -1.92. The molecule has 0 bridgehead atoms. The Bertz CT molecular complexity index is 439. The van der Waals surface area contributed by atoms with Crippen molar-refractivity contribution in [2.45, 2.75) is 38.5 Å². The van der Waals surface area contributed by atoms with E-state index in [1.807, 2.05) is 0 Å². The first-order valence-electron chi connectivity index (χ1n) is 7.83. The first-order valence-corrected chi connectivity index (χ1v) is 7.83. The van der Waals surface area contributed by atoms with Gasteiger partial charge in [-0.1, -0.05) is 25.3 Å². The van der Waals surface area contributed by atoms with Crippen molar-refractivity contribution >= 4 is 11.9 Å². The summed E-state index contributed by atoms with van der Waals surface area (Å²) in [6, 6.07) is 0. The zero-order valence-electron chi connectivity index (χ0n) is 13.8. The molecule has 1 atom stereocenters. The zero-order valence-corrected chi connectivity index (χ0v) is 13.8. The molecule has 0 aliphatic heterocycles. The molecule has 7 heteroatoms. The summed E-state index contributed by atoms with van der Waals surface area (Å²) in [4.78, 5) is 35.7. The number of hydrogen-bond acceptors (Lipinski definition) is 6. The number of nitro groups is 1. The van der Waals surface area contributed by atoms with Gasteiger partial charge >= 0.3 is 11.9 Å². The Kier molecular flexibility index (Phi) is 7.19. The van der Waals surface area contributed by atoms with Crippen LogP contribution in [0.2, 0.25) is 0 Å². The summed E-state index contributed by atoms with van der Waals surface area (Å²) in [5, 5.41) is 11.2. The van der Waals surface area contributed by atoms with Crippen LogP contribution >= 0.6 is 0 Å². The second-order valence-electron chi connectivity index (χ2n) is 5.97. The van der Waals surface area contributed by atoms with Crippen molar-refractivity contribution in [2.75, 3.05) is 20.8 Å². The van der Waals surface area contributed by atoms with Crippen molar-refractivity contribution in [1.29, 1.82) is 0 Å². The molecule has 130 valence electrons. The van der Waals surface area contributed by atoms with E-state index in [9.17, 15) is 19.7 Å². The summed E-state index contributed by atoms with van der Waals surface area (Å²) in [5.41, 5.74) is -1.71. The van der Waals surface area contributed by atoms with Crippen LogP contribution in [-0.4, -0.2) is 37.6 Å². The van der Waals surface area contributed by atoms with E-state index in [2.05, 4.69) is 6.58 Å². The van der Waals surface area contributed by atoms with Crippen LogP contribution in [0.5, 0.6) is 0 Å². The highest BCUT2D eigenvalue weighted by Crippen LogP contribution is 2.44. The highest BCUT2D eigenvalue weighted by molar-refractivity contribution is 6.00. The van der Waals surface area contributed by atoms with Gasteiger partial charge in [-0.05, 0) is 25.2 Å². The van der Waals surface area contributed by atoms with E-state index in [1.165, 1.54) is 20.3 Å². The molecule has 1 unspecified atom stereocenters. The average molecular weight is 327 g/mol. The predicted molar refractivity (Wildman–Crippen MR) is 83.2 cm³/mol. The molecule has 1 aliphatic rings. The predicted octanol–water partition coefficient (Wildman–Crippen LogP) is 2.37. The molecule has 0 N–H and O–H groups in total. The van der Waals surface area contributed by atoms with Gasteiger partial charge < -0.3 is 9.47 Å². The lowest BCUT2D eigenvalue weighted by molar-refractivity contribution is -0.493. The van der Waals surface area contributed by atoms with E-state index >= 15 is 0 Å². The minimum atomic E-state index is -1.71. The number of methoxy groups -OCH3 is 2. The van der Waals surface area contributed by atoms with E-state index in [4.69, 9.17) is 9.47 Å². The van der Waals surface area contributed by atoms with E-state index in [1.54, 1.807) is 0 Å². The fourth-order valence-corrected chi connectivity index (χ4v) is 3.70. The van der Waals surface area contributed by atoms with Gasteiger partial charge in [-0.25, -0.2) is 0 Å². The second kappa shape index (κ2) is 8.64. The van der Waals surface area contributed by atoms with Crippen LogP contribution < -0.4 is 0 Å². The lowest BCUT2D eigenvalue weighted by Crippen LogP contribution is -2.52. The Morgan fingerprint density at radius 1 is 1.26 bits per heavy atom. The van der Waals surface area contributed by atoms with Gasteiger partial charge in [-0.15, -0.1) is 6.58 Å². The molecule has 0 spiro atoms. The molecular formula is C16H25NO6. The topological polar surface area (TPSA) is 95.7 Å². The van der Waals surface area contributed by atoms with Gasteiger partial charge in [0.05, 0.1) is 20.1 Å². The summed E-state index contributed by atoms with van der Waals surface area (Å²) < 4.78 is 9.67. The molecule has 0 aromatic rings. The number of carbonyl (C=O) groups excluding carboxylic acids is 2. The Morgan fingerprint density at radius 2 is 1.78 bits per heavy atom. The summed E-state index contributed by atoms with van der Waals surface area (Å²) in [6.45, 7) is 3.13. The number of allylic oxidation sites excluding steroid dienone is 1. The van der Waals surface area contributed by atoms with Gasteiger partial charge in [0.2, 0.25) is 6.54 Å². The molecule has 0 saturated heterocycles. The maximum Gasteiger partial charge on any atom is 0.324 e. The molecule has 1 fully saturated rings. The van der Waals surface area contributed by atoms with Gasteiger partial charge in [0, 0.05) is 4.92 Å². The summed E-state index contributed by atoms with van der Waals surface area (Å²) in [5.74, 6) is -2.44. The van der Waals surface area contributed by atoms with Crippen molar-refractivity contribution in [3.05, 3.63) is 22.8 Å². The third-order valence-electron chi connectivity index (χ3n) is 4.76. The monoisotopic (exact) mass is 327 g/mol. The standard InChI is InChI=1S/C16H25NO6/c1-4-10-16(14(18)22-2,15(19)23-3)13(11-17(20)21)12-8-6-5-7-9-12/h4,12-13H,1,5-11H2,2-3H3. The van der Waals surface area contributed by atoms with Crippen molar-refractivity contribution < 1.29 is 24.0 Å². The van der Waals surface area contributed by atoms with Crippen LogP contribution in [-0.2, 0) is 19.1 Å². The molecule has 1 aliphatic carbocycles. The van der Waals surface area contributed by atoms with Gasteiger partial charge in [-0.2, -0.15) is 0 Å². The van der Waals surface area contributed by atoms with Crippen molar-refractivity contribution in [2.24, 2.45) is 17.3 Å². The lowest BCUT2D eigenvalue weighted by Gasteiger charge is -2.38. The molecule has 0 aromatic heterocycles. The zero-order chi connectivity index (χ0) is 17.5. The molecule has 0 radical (unpaired) electrons. The summed E-state index contributed by atoms with van der Waals surface area (Å²) >= 11 is 0. The Morgan fingerprint density at radius 3 is 2.17 bits per heavy atom. The van der Waals surface area contributed by atoms with E-state index in [0.29, 0.717) is 0 Å². The molecule has 1 saturated carbocycles. The lowest BCUT2D eigenvalue weighted by atomic mass is 9.63. The summed E-state index contributed by atoms with van der Waals surface area (Å²) in [7, 11) is 2.35. The first-order chi connectivity index (χ1) is 10.9. The fraction of sp³-hybridized carbons (Fsp3) is 0.750. The van der Waals surface area contributed by atoms with Gasteiger partial charge in [0.15, 0.2) is 5.41 Å². The van der Waals surface area contributed by atoms with E-state index in [0.717, 1.165) is 32.1 Å². The normalized spacial score (nSPS) is 17.1. The molecule has 1 rings (SSSR count). The Balaban J connectivity index is 3.38. The number of rotatable bonds is 8. The number of ether oxygens (including phenoxy) is 2. The molecular weight excluding hydrogens is 302 g/mol. The third kappa shape index (κ3) is 4.09. The second-order valence-corrected chi connectivity index (χ2v) is 5.97. The van der Waals surface area contributed by atoms with Crippen LogP contribution in [0.1, 0.15) is 38.5 Å². The minimum Gasteiger partial charge on any atom is -0.468 e. The van der Waals surface area contributed by atoms with Crippen LogP contribution in [0.4, 0.5) is 0 Å². The highest BCUT2D eigenvalue weighted by atomic mass is 16.6. The average Bonchev–Trinajstić information content (AvgIpc) is 2.57. The molecule has 0 aromatic carbocycles. The quantitative estimate of drug-likeness (QED) is 0.223. The van der Waals surface area contributed by atoms with Crippen molar-refractivity contribution in [1.82, 2.24) is 0 Å². The van der Waals surface area contributed by atoms with Gasteiger partial charge in [0.1, 0.15) is 0 Å². The minimum absolute atomic E-state index is 0.0403. The number of hydrogen-bond donors (Lipinski definition) is 0. The fourth-order valence-electron chi connectivity index (χ4n) is 3.70. The van der Waals surface area contributed by atoms with Crippen LogP contribution in [0.3, 0.4) is 0 Å². The molecule has 0 amide bonds. The number of nitrogens with zero attached hydrogens (tertiary/aromatic N) is 1. The van der Waals surface area contributed by atoms with E-state index in [-0.39, 0.29) is 12.3 Å². The largest absolute Gasteiger partial charge is 0.468 e. The third-order valence-corrected chi connectivity index (χ3v) is 4.76. The SMILES string of the molecule is C=CCC(C(=O)OC)(C(=O)OC)C(C[N+](=O)[O-])C1CCCCC1. The van der Waals surface area contributed by atoms with Crippen molar-refractivity contribution in [3.8, 4) is 0 Å². The maximum absolute atomic E-state index is 12.5. The molecule has 23 heavy (non-hydrogen) atoms. The van der Waals surface area contributed by atoms with E-state index < -0.39 is 34.7 Å². The Labute approximate surface area is 136 Å². The number of carbonyl (C=O) groups is 2. The van der Waals surface area contributed by atoms with Gasteiger partial charge in [-0.3, -0.25) is 19.7 Å². The molecule has 0 heterocycles. The number of esters is 2. The summed E-state index contributed by atoms with van der Waals surface area (Å²) in [6.07, 6.45) is 5.82. The van der Waals surface area contributed by atoms with Crippen molar-refractivity contribution in [3.63, 3.8) is 0 Å². The van der Waals surface area contributed by atoms with Gasteiger partial charge in [0.25, 0.3) is 0 Å². The highest BCUT2D eigenvalue weighted by Gasteiger charge is 2.57. The molecule has 7 nitrogen and oxygen atoms in total. The first kappa shape index (κ1) is 19.1. The van der Waals surface area contributed by atoms with Crippen LogP contribution in [0.15, 0.2) is 12.7 Å². The smallest absolute Gasteiger partial charge is 0.324 e. The van der Waals surface area contributed by atoms with Crippen LogP contribution in [0.25, 0.3) is 0 Å². The maximum atomic E-state index is 12.5. The van der Waals surface area contributed by atoms with Crippen LogP contribution in [0, 0.1) is 27.4 Å².